The lowest BCUT2D eigenvalue weighted by atomic mass is 9.96. The summed E-state index contributed by atoms with van der Waals surface area (Å²) in [4.78, 5) is 11.1. The Bertz CT molecular complexity index is 410. The number of benzene rings is 1. The molecule has 1 aliphatic carbocycles. The lowest BCUT2D eigenvalue weighted by Crippen LogP contribution is -2.21. The van der Waals surface area contributed by atoms with E-state index in [-0.39, 0.29) is 11.1 Å². The van der Waals surface area contributed by atoms with Crippen molar-refractivity contribution in [3.05, 3.63) is 34.6 Å². The molecule has 0 unspecified atom stereocenters. The Morgan fingerprint density at radius 2 is 2.06 bits per heavy atom. The first-order valence-electron chi connectivity index (χ1n) is 5.72. The summed E-state index contributed by atoms with van der Waals surface area (Å²) < 4.78 is 18.6. The number of ketones is 1. The number of rotatable bonds is 3. The number of halogens is 2. The van der Waals surface area contributed by atoms with Crippen LogP contribution in [0, 0.1) is 5.82 Å². The summed E-state index contributed by atoms with van der Waals surface area (Å²) in [6.07, 6.45) is 2.92. The molecule has 0 radical (unpaired) electrons. The fourth-order valence-electron chi connectivity index (χ4n) is 1.92. The molecule has 0 aliphatic heterocycles. The van der Waals surface area contributed by atoms with Crippen LogP contribution in [0.15, 0.2) is 18.2 Å². The van der Waals surface area contributed by atoms with Crippen molar-refractivity contribution < 1.29 is 13.9 Å². The highest BCUT2D eigenvalue weighted by molar-refractivity contribution is 6.30. The fourth-order valence-corrected chi connectivity index (χ4v) is 2.13. The van der Waals surface area contributed by atoms with Crippen molar-refractivity contribution in [2.24, 2.45) is 0 Å². The van der Waals surface area contributed by atoms with Gasteiger partial charge >= 0.3 is 0 Å². The van der Waals surface area contributed by atoms with Crippen LogP contribution in [0.2, 0.25) is 5.02 Å². The highest BCUT2D eigenvalue weighted by atomic mass is 35.5. The van der Waals surface area contributed by atoms with Crippen molar-refractivity contribution in [1.29, 1.82) is 0 Å². The van der Waals surface area contributed by atoms with Crippen molar-refractivity contribution in [2.75, 3.05) is 0 Å². The molecule has 0 spiro atoms. The van der Waals surface area contributed by atoms with Gasteiger partial charge in [0.15, 0.2) is 0 Å². The van der Waals surface area contributed by atoms with E-state index < -0.39 is 5.82 Å². The van der Waals surface area contributed by atoms with Crippen LogP contribution in [0.3, 0.4) is 0 Å². The van der Waals surface area contributed by atoms with Crippen molar-refractivity contribution in [1.82, 2.24) is 0 Å². The first kappa shape index (κ1) is 12.5. The Morgan fingerprint density at radius 3 is 2.71 bits per heavy atom. The number of carbonyl (C=O) groups is 1. The highest BCUT2D eigenvalue weighted by Gasteiger charge is 2.19. The second-order valence-electron chi connectivity index (χ2n) is 4.30. The monoisotopic (exact) mass is 256 g/mol. The number of carbonyl (C=O) groups excluding carboxylic acids is 1. The van der Waals surface area contributed by atoms with Gasteiger partial charge in [0.2, 0.25) is 0 Å². The van der Waals surface area contributed by atoms with Gasteiger partial charge in [-0.15, -0.1) is 0 Å². The number of hydrogen-bond acceptors (Lipinski definition) is 2. The average Bonchev–Trinajstić information content (AvgIpc) is 2.33. The van der Waals surface area contributed by atoms with Gasteiger partial charge in [-0.25, -0.2) is 4.39 Å². The fraction of sp³-hybridized carbons (Fsp3) is 0.462. The van der Waals surface area contributed by atoms with E-state index >= 15 is 0 Å². The van der Waals surface area contributed by atoms with E-state index in [0.29, 0.717) is 25.2 Å². The molecule has 1 aliphatic rings. The molecule has 1 saturated carbocycles. The Hall–Kier alpha value is -0.930. The Balaban J connectivity index is 1.85. The quantitative estimate of drug-likeness (QED) is 0.827. The minimum atomic E-state index is -0.418. The molecule has 0 amide bonds. The van der Waals surface area contributed by atoms with Gasteiger partial charge in [-0.3, -0.25) is 4.79 Å². The molecule has 0 bridgehead atoms. The third-order valence-electron chi connectivity index (χ3n) is 2.96. The molecule has 0 heterocycles. The molecule has 2 nitrogen and oxygen atoms in total. The third kappa shape index (κ3) is 3.51. The van der Waals surface area contributed by atoms with Gasteiger partial charge in [0.05, 0.1) is 17.7 Å². The third-order valence-corrected chi connectivity index (χ3v) is 3.25. The summed E-state index contributed by atoms with van der Waals surface area (Å²) in [6, 6.07) is 4.57. The minimum absolute atomic E-state index is 0.116. The van der Waals surface area contributed by atoms with Gasteiger partial charge < -0.3 is 4.74 Å². The van der Waals surface area contributed by atoms with Crippen molar-refractivity contribution in [2.45, 2.75) is 38.4 Å². The predicted octanol–water partition coefficient (Wildman–Crippen LogP) is 3.51. The van der Waals surface area contributed by atoms with Crippen molar-refractivity contribution >= 4 is 17.4 Å². The Kier molecular flexibility index (Phi) is 4.13. The summed E-state index contributed by atoms with van der Waals surface area (Å²) in [6.45, 7) is 0.416. The van der Waals surface area contributed by atoms with Gasteiger partial charge in [-0.2, -0.15) is 0 Å². The molecule has 0 aromatic heterocycles. The van der Waals surface area contributed by atoms with Crippen LogP contribution in [-0.4, -0.2) is 11.9 Å². The summed E-state index contributed by atoms with van der Waals surface area (Å²) in [5.41, 5.74) is 0.855. The smallest absolute Gasteiger partial charge is 0.141 e. The van der Waals surface area contributed by atoms with E-state index in [0.717, 1.165) is 18.4 Å². The van der Waals surface area contributed by atoms with E-state index in [4.69, 9.17) is 16.3 Å². The second kappa shape index (κ2) is 5.61. The molecule has 4 heteroatoms. The van der Waals surface area contributed by atoms with Crippen LogP contribution in [0.5, 0.6) is 0 Å². The summed E-state index contributed by atoms with van der Waals surface area (Å²) >= 11 is 5.68. The number of Topliss-reactive ketones (excluding diaryl/α,β-unsaturated/α-hetero) is 1. The zero-order valence-corrected chi connectivity index (χ0v) is 10.2. The number of hydrogen-bond donors (Lipinski definition) is 0. The molecule has 2 rings (SSSR count). The second-order valence-corrected chi connectivity index (χ2v) is 4.70. The molecular weight excluding hydrogens is 243 g/mol. The van der Waals surface area contributed by atoms with Crippen LogP contribution in [-0.2, 0) is 16.1 Å². The van der Waals surface area contributed by atoms with Crippen LogP contribution in [0.4, 0.5) is 4.39 Å². The van der Waals surface area contributed by atoms with Crippen molar-refractivity contribution in [3.63, 3.8) is 0 Å². The molecule has 92 valence electrons. The maximum absolute atomic E-state index is 12.9. The molecule has 1 aromatic rings. The normalized spacial score (nSPS) is 17.4. The molecule has 17 heavy (non-hydrogen) atoms. The van der Waals surface area contributed by atoms with E-state index in [2.05, 4.69) is 0 Å². The van der Waals surface area contributed by atoms with Gasteiger partial charge in [0.1, 0.15) is 11.6 Å². The van der Waals surface area contributed by atoms with Crippen LogP contribution >= 0.6 is 11.6 Å². The molecular formula is C13H14ClFO2. The lowest BCUT2D eigenvalue weighted by Gasteiger charge is -2.21. The first-order chi connectivity index (χ1) is 8.15. The summed E-state index contributed by atoms with van der Waals surface area (Å²) in [5.74, 6) is -0.103. The standard InChI is InChI=1S/C13H14ClFO2/c14-12-7-9(1-6-13(12)15)8-17-11-4-2-10(16)3-5-11/h1,6-7,11H,2-5,8H2. The van der Waals surface area contributed by atoms with E-state index in [1.165, 1.54) is 6.07 Å². The zero-order valence-electron chi connectivity index (χ0n) is 9.42. The summed E-state index contributed by atoms with van der Waals surface area (Å²) in [5, 5.41) is 0.116. The number of ether oxygens (including phenoxy) is 1. The molecule has 0 saturated heterocycles. The highest BCUT2D eigenvalue weighted by Crippen LogP contribution is 2.21. The molecule has 1 aromatic carbocycles. The van der Waals surface area contributed by atoms with Gasteiger partial charge in [0.25, 0.3) is 0 Å². The van der Waals surface area contributed by atoms with E-state index in [1.54, 1.807) is 12.1 Å². The maximum Gasteiger partial charge on any atom is 0.141 e. The first-order valence-corrected chi connectivity index (χ1v) is 6.10. The predicted molar refractivity (Wildman–Crippen MR) is 63.5 cm³/mol. The maximum atomic E-state index is 12.9. The topological polar surface area (TPSA) is 26.3 Å². The molecule has 0 N–H and O–H groups in total. The Morgan fingerprint density at radius 1 is 1.35 bits per heavy atom. The molecule has 0 atom stereocenters. The van der Waals surface area contributed by atoms with Crippen molar-refractivity contribution in [3.8, 4) is 0 Å². The molecule has 1 fully saturated rings. The van der Waals surface area contributed by atoms with Gasteiger partial charge in [0, 0.05) is 12.8 Å². The van der Waals surface area contributed by atoms with Crippen LogP contribution < -0.4 is 0 Å². The largest absolute Gasteiger partial charge is 0.374 e. The van der Waals surface area contributed by atoms with Crippen LogP contribution in [0.25, 0.3) is 0 Å². The SMILES string of the molecule is O=C1CCC(OCc2ccc(F)c(Cl)c2)CC1. The van der Waals surface area contributed by atoms with E-state index in [1.807, 2.05) is 0 Å². The Labute approximate surface area is 105 Å². The van der Waals surface area contributed by atoms with Gasteiger partial charge in [-0.05, 0) is 30.5 Å². The average molecular weight is 257 g/mol. The lowest BCUT2D eigenvalue weighted by molar-refractivity contribution is -0.123. The zero-order chi connectivity index (χ0) is 12.3. The van der Waals surface area contributed by atoms with Crippen LogP contribution in [0.1, 0.15) is 31.2 Å². The van der Waals surface area contributed by atoms with E-state index in [9.17, 15) is 9.18 Å². The minimum Gasteiger partial charge on any atom is -0.374 e. The van der Waals surface area contributed by atoms with Gasteiger partial charge in [-0.1, -0.05) is 17.7 Å². The summed E-state index contributed by atoms with van der Waals surface area (Å²) in [7, 11) is 0.